The molecule has 2 heterocycles. The van der Waals surface area contributed by atoms with Gasteiger partial charge in [-0.05, 0) is 20.8 Å². The number of aromatic nitrogens is 5. The van der Waals surface area contributed by atoms with Crippen molar-refractivity contribution in [1.82, 2.24) is 25.0 Å². The van der Waals surface area contributed by atoms with Crippen LogP contribution in [0.4, 0.5) is 11.9 Å². The molecule has 0 spiro atoms. The molecule has 0 bridgehead atoms. The number of nitrogens with zero attached hydrogens (tertiary/aromatic N) is 5. The van der Waals surface area contributed by atoms with Gasteiger partial charge in [0.05, 0.1) is 5.69 Å². The predicted molar refractivity (Wildman–Crippen MR) is 75.4 cm³/mol. The highest BCUT2D eigenvalue weighted by Crippen LogP contribution is 2.12. The summed E-state index contributed by atoms with van der Waals surface area (Å²) in [5.74, 6) is 1.33. The quantitative estimate of drug-likeness (QED) is 0.856. The summed E-state index contributed by atoms with van der Waals surface area (Å²) >= 11 is 0. The Kier molecular flexibility index (Phi) is 3.73. The smallest absolute Gasteiger partial charge is 0.245 e. The van der Waals surface area contributed by atoms with E-state index in [0.717, 1.165) is 11.3 Å². The van der Waals surface area contributed by atoms with Gasteiger partial charge in [-0.2, -0.15) is 10.1 Å². The fourth-order valence-corrected chi connectivity index (χ4v) is 1.67. The molecule has 19 heavy (non-hydrogen) atoms. The lowest BCUT2D eigenvalue weighted by atomic mass is 10.2. The van der Waals surface area contributed by atoms with Gasteiger partial charge in [-0.25, -0.2) is 5.10 Å². The maximum atomic E-state index is 4.48. The molecule has 0 radical (unpaired) electrons. The molecule has 0 saturated heterocycles. The summed E-state index contributed by atoms with van der Waals surface area (Å²) in [5.41, 5.74) is 2.20. The average molecular weight is 263 g/mol. The van der Waals surface area contributed by atoms with Crippen LogP contribution in [-0.4, -0.2) is 39.1 Å². The van der Waals surface area contributed by atoms with E-state index in [1.807, 2.05) is 30.6 Å². The Balaban J connectivity index is 2.01. The van der Waals surface area contributed by atoms with Crippen molar-refractivity contribution in [1.29, 1.82) is 0 Å². The number of rotatable bonds is 5. The van der Waals surface area contributed by atoms with E-state index in [1.165, 1.54) is 0 Å². The monoisotopic (exact) mass is 263 g/mol. The standard InChI is InChI=1S/C12H21N7/c1-8(2)19-7-10(9(3)17-19)6-13-11-14-12(16-15-11)18(4)5/h7-8H,6H2,1-5H3,(H2,13,14,15,16). The molecule has 0 aliphatic carbocycles. The van der Waals surface area contributed by atoms with Gasteiger partial charge in [0.2, 0.25) is 11.9 Å². The first-order valence-electron chi connectivity index (χ1n) is 6.35. The lowest BCUT2D eigenvalue weighted by Crippen LogP contribution is -2.10. The number of aryl methyl sites for hydroxylation is 1. The molecular weight excluding hydrogens is 242 g/mol. The van der Waals surface area contributed by atoms with Gasteiger partial charge in [0.25, 0.3) is 0 Å². The molecule has 7 heteroatoms. The van der Waals surface area contributed by atoms with Gasteiger partial charge in [0.15, 0.2) is 0 Å². The van der Waals surface area contributed by atoms with Gasteiger partial charge in [-0.1, -0.05) is 0 Å². The second-order valence-electron chi connectivity index (χ2n) is 5.05. The Morgan fingerprint density at radius 1 is 1.42 bits per heavy atom. The molecule has 0 amide bonds. The van der Waals surface area contributed by atoms with Crippen LogP contribution in [0.3, 0.4) is 0 Å². The Bertz CT molecular complexity index is 538. The number of H-pyrrole nitrogens is 1. The molecule has 7 nitrogen and oxygen atoms in total. The largest absolute Gasteiger partial charge is 0.350 e. The van der Waals surface area contributed by atoms with Crippen molar-refractivity contribution in [3.8, 4) is 0 Å². The van der Waals surface area contributed by atoms with Gasteiger partial charge < -0.3 is 10.2 Å². The third kappa shape index (κ3) is 3.04. The van der Waals surface area contributed by atoms with Gasteiger partial charge in [0.1, 0.15) is 0 Å². The maximum absolute atomic E-state index is 4.48. The van der Waals surface area contributed by atoms with Crippen molar-refractivity contribution in [3.63, 3.8) is 0 Å². The third-order valence-corrected chi connectivity index (χ3v) is 2.87. The highest BCUT2D eigenvalue weighted by atomic mass is 15.4. The van der Waals surface area contributed by atoms with E-state index in [2.05, 4.69) is 45.6 Å². The van der Waals surface area contributed by atoms with E-state index in [-0.39, 0.29) is 0 Å². The topological polar surface area (TPSA) is 74.7 Å². The average Bonchev–Trinajstić information content (AvgIpc) is 2.93. The molecule has 2 rings (SSSR count). The van der Waals surface area contributed by atoms with E-state index in [4.69, 9.17) is 0 Å². The van der Waals surface area contributed by atoms with E-state index in [0.29, 0.717) is 24.5 Å². The molecule has 0 unspecified atom stereocenters. The molecule has 2 aromatic heterocycles. The van der Waals surface area contributed by atoms with Crippen LogP contribution in [0.25, 0.3) is 0 Å². The second-order valence-corrected chi connectivity index (χ2v) is 5.05. The van der Waals surface area contributed by atoms with Crippen molar-refractivity contribution in [3.05, 3.63) is 17.5 Å². The van der Waals surface area contributed by atoms with Crippen molar-refractivity contribution in [2.45, 2.75) is 33.4 Å². The summed E-state index contributed by atoms with van der Waals surface area (Å²) in [7, 11) is 3.81. The molecule has 0 fully saturated rings. The van der Waals surface area contributed by atoms with Crippen LogP contribution < -0.4 is 10.2 Å². The normalized spacial score (nSPS) is 11.1. The highest BCUT2D eigenvalue weighted by Gasteiger charge is 2.08. The zero-order valence-corrected chi connectivity index (χ0v) is 12.1. The van der Waals surface area contributed by atoms with Crippen molar-refractivity contribution < 1.29 is 0 Å². The van der Waals surface area contributed by atoms with Crippen LogP contribution in [0.15, 0.2) is 6.20 Å². The minimum atomic E-state index is 0.373. The second kappa shape index (κ2) is 5.29. The number of hydrogen-bond donors (Lipinski definition) is 2. The molecule has 0 saturated carbocycles. The van der Waals surface area contributed by atoms with Crippen molar-refractivity contribution in [2.75, 3.05) is 24.3 Å². The molecule has 0 aromatic carbocycles. The fourth-order valence-electron chi connectivity index (χ4n) is 1.67. The van der Waals surface area contributed by atoms with Gasteiger partial charge in [0, 0.05) is 38.4 Å². The minimum absolute atomic E-state index is 0.373. The van der Waals surface area contributed by atoms with Gasteiger partial charge in [-0.15, -0.1) is 5.10 Å². The zero-order chi connectivity index (χ0) is 14.0. The first-order chi connectivity index (χ1) is 8.97. The van der Waals surface area contributed by atoms with E-state index in [9.17, 15) is 0 Å². The maximum Gasteiger partial charge on any atom is 0.245 e. The van der Waals surface area contributed by atoms with Gasteiger partial charge >= 0.3 is 0 Å². The summed E-state index contributed by atoms with van der Waals surface area (Å²) in [6.45, 7) is 6.93. The SMILES string of the molecule is Cc1nn(C(C)C)cc1CNc1nc(N(C)C)n[nH]1. The zero-order valence-electron chi connectivity index (χ0n) is 12.1. The third-order valence-electron chi connectivity index (χ3n) is 2.87. The number of nitrogens with one attached hydrogen (secondary N) is 2. The number of anilines is 2. The van der Waals surface area contributed by atoms with Crippen LogP contribution >= 0.6 is 0 Å². The predicted octanol–water partition coefficient (Wildman–Crippen LogP) is 1.57. The molecule has 2 aromatic rings. The summed E-state index contributed by atoms with van der Waals surface area (Å²) in [6, 6.07) is 0.373. The van der Waals surface area contributed by atoms with Crippen molar-refractivity contribution >= 4 is 11.9 Å². The van der Waals surface area contributed by atoms with Crippen molar-refractivity contribution in [2.24, 2.45) is 0 Å². The summed E-state index contributed by atoms with van der Waals surface area (Å²) in [4.78, 5) is 6.17. The Hall–Kier alpha value is -2.05. The fraction of sp³-hybridized carbons (Fsp3) is 0.583. The van der Waals surface area contributed by atoms with Crippen LogP contribution in [0.2, 0.25) is 0 Å². The Morgan fingerprint density at radius 3 is 2.68 bits per heavy atom. The lowest BCUT2D eigenvalue weighted by molar-refractivity contribution is 0.529. The summed E-state index contributed by atoms with van der Waals surface area (Å²) in [5, 5.41) is 14.7. The molecular formula is C12H21N7. The number of aromatic amines is 1. The molecule has 0 atom stereocenters. The molecule has 2 N–H and O–H groups in total. The molecule has 104 valence electrons. The summed E-state index contributed by atoms with van der Waals surface area (Å²) in [6.07, 6.45) is 2.07. The van der Waals surface area contributed by atoms with Crippen LogP contribution in [0.5, 0.6) is 0 Å². The highest BCUT2D eigenvalue weighted by molar-refractivity contribution is 5.35. The lowest BCUT2D eigenvalue weighted by Gasteiger charge is -2.04. The minimum Gasteiger partial charge on any atom is -0.350 e. The van der Waals surface area contributed by atoms with E-state index >= 15 is 0 Å². The molecule has 0 aliphatic heterocycles. The first-order valence-corrected chi connectivity index (χ1v) is 6.35. The Labute approximate surface area is 113 Å². The van der Waals surface area contributed by atoms with E-state index < -0.39 is 0 Å². The number of hydrogen-bond acceptors (Lipinski definition) is 5. The Morgan fingerprint density at radius 2 is 2.16 bits per heavy atom. The first kappa shape index (κ1) is 13.4. The van der Waals surface area contributed by atoms with E-state index in [1.54, 1.807) is 0 Å². The van der Waals surface area contributed by atoms with Gasteiger partial charge in [-0.3, -0.25) is 4.68 Å². The molecule has 0 aliphatic rings. The summed E-state index contributed by atoms with van der Waals surface area (Å²) < 4.78 is 1.97. The van der Waals surface area contributed by atoms with Crippen LogP contribution in [-0.2, 0) is 6.54 Å². The van der Waals surface area contributed by atoms with Crippen LogP contribution in [0.1, 0.15) is 31.1 Å². The van der Waals surface area contributed by atoms with Crippen LogP contribution in [0, 0.1) is 6.92 Å².